The van der Waals surface area contributed by atoms with Gasteiger partial charge in [-0.15, -0.1) is 0 Å². The summed E-state index contributed by atoms with van der Waals surface area (Å²) in [6.45, 7) is 0.651. The van der Waals surface area contributed by atoms with Gasteiger partial charge in [0.2, 0.25) is 5.90 Å². The Morgan fingerprint density at radius 1 is 0.650 bits per heavy atom. The van der Waals surface area contributed by atoms with Gasteiger partial charge >= 0.3 is 0 Å². The molecule has 1 aliphatic rings. The van der Waals surface area contributed by atoms with Crippen LogP contribution in [0.2, 0.25) is 0 Å². The predicted molar refractivity (Wildman–Crippen MR) is 170 cm³/mol. The fourth-order valence-electron chi connectivity index (χ4n) is 5.41. The number of hydrogen-bond donors (Lipinski definition) is 0. The molecule has 3 heteroatoms. The van der Waals surface area contributed by atoms with Crippen molar-refractivity contribution in [3.8, 4) is 11.1 Å². The Bertz CT molecular complexity index is 1570. The van der Waals surface area contributed by atoms with Crippen molar-refractivity contribution < 1.29 is 4.74 Å². The first-order chi connectivity index (χ1) is 19.7. The van der Waals surface area contributed by atoms with Crippen LogP contribution in [0.4, 0.5) is 5.69 Å². The van der Waals surface area contributed by atoms with Crippen LogP contribution in [-0.4, -0.2) is 12.5 Å². The third-order valence-corrected chi connectivity index (χ3v) is 8.22. The van der Waals surface area contributed by atoms with Crippen molar-refractivity contribution in [3.63, 3.8) is 0 Å². The molecule has 0 spiro atoms. The molecular formula is C37H32BrNO. The van der Waals surface area contributed by atoms with E-state index < -0.39 is 0 Å². The maximum atomic E-state index is 6.04. The quantitative estimate of drug-likeness (QED) is 0.177. The first-order valence-electron chi connectivity index (χ1n) is 14.0. The topological polar surface area (TPSA) is 21.6 Å². The van der Waals surface area contributed by atoms with Crippen LogP contribution in [0.5, 0.6) is 0 Å². The maximum Gasteiger partial charge on any atom is 0.221 e. The van der Waals surface area contributed by atoms with Gasteiger partial charge in [0.05, 0.1) is 12.3 Å². The van der Waals surface area contributed by atoms with Crippen molar-refractivity contribution in [2.75, 3.05) is 6.61 Å². The molecule has 1 unspecified atom stereocenters. The highest BCUT2D eigenvalue weighted by atomic mass is 79.9. The fraction of sp³-hybridized carbons (Fsp3) is 0.162. The van der Waals surface area contributed by atoms with Gasteiger partial charge < -0.3 is 4.74 Å². The van der Waals surface area contributed by atoms with E-state index in [-0.39, 0.29) is 0 Å². The monoisotopic (exact) mass is 585 g/mol. The van der Waals surface area contributed by atoms with Gasteiger partial charge in [-0.05, 0) is 88.9 Å². The molecule has 40 heavy (non-hydrogen) atoms. The highest BCUT2D eigenvalue weighted by Gasteiger charge is 2.15. The maximum absolute atomic E-state index is 6.04. The van der Waals surface area contributed by atoms with E-state index in [9.17, 15) is 0 Å². The number of aryl methyl sites for hydroxylation is 1. The summed E-state index contributed by atoms with van der Waals surface area (Å²) >= 11 is 3.53. The summed E-state index contributed by atoms with van der Waals surface area (Å²) in [4.78, 5) is 4.83. The predicted octanol–water partition coefficient (Wildman–Crippen LogP) is 9.73. The molecule has 1 aliphatic heterocycles. The van der Waals surface area contributed by atoms with Crippen LogP contribution in [0.25, 0.3) is 11.1 Å². The molecule has 0 aromatic heterocycles. The van der Waals surface area contributed by atoms with Crippen LogP contribution in [-0.2, 0) is 24.0 Å². The van der Waals surface area contributed by atoms with Crippen molar-refractivity contribution in [2.45, 2.75) is 31.6 Å². The lowest BCUT2D eigenvalue weighted by atomic mass is 9.86. The van der Waals surface area contributed by atoms with E-state index >= 15 is 0 Å². The molecule has 0 saturated carbocycles. The summed E-state index contributed by atoms with van der Waals surface area (Å²) in [5.41, 5.74) is 9.87. The second-order valence-corrected chi connectivity index (χ2v) is 11.3. The zero-order chi connectivity index (χ0) is 27.1. The molecule has 0 radical (unpaired) electrons. The van der Waals surface area contributed by atoms with E-state index in [0.717, 1.165) is 41.4 Å². The molecular weight excluding hydrogens is 554 g/mol. The Kier molecular flexibility index (Phi) is 8.20. The molecule has 1 atom stereocenters. The Morgan fingerprint density at radius 2 is 1.27 bits per heavy atom. The average Bonchev–Trinajstić information content (AvgIpc) is 3.23. The third-order valence-electron chi connectivity index (χ3n) is 7.69. The van der Waals surface area contributed by atoms with Crippen molar-refractivity contribution in [2.24, 2.45) is 4.99 Å². The van der Waals surface area contributed by atoms with E-state index in [1.165, 1.54) is 33.4 Å². The van der Waals surface area contributed by atoms with Gasteiger partial charge in [0.25, 0.3) is 0 Å². The summed E-state index contributed by atoms with van der Waals surface area (Å²) in [6, 6.07) is 45.6. The molecule has 0 bridgehead atoms. The van der Waals surface area contributed by atoms with E-state index in [0.29, 0.717) is 18.4 Å². The fourth-order valence-corrected chi connectivity index (χ4v) is 5.67. The Balaban J connectivity index is 1.16. The van der Waals surface area contributed by atoms with Crippen LogP contribution < -0.4 is 0 Å². The molecule has 6 rings (SSSR count). The minimum absolute atomic E-state index is 0.441. The van der Waals surface area contributed by atoms with Crippen molar-refractivity contribution in [1.82, 2.24) is 0 Å². The van der Waals surface area contributed by atoms with Crippen LogP contribution in [0.3, 0.4) is 0 Å². The Morgan fingerprint density at radius 3 is 2.02 bits per heavy atom. The Labute approximate surface area is 245 Å². The summed E-state index contributed by atoms with van der Waals surface area (Å²) in [7, 11) is 0. The van der Waals surface area contributed by atoms with E-state index in [1.54, 1.807) is 0 Å². The number of ether oxygens (including phenoxy) is 1. The minimum Gasteiger partial charge on any atom is -0.477 e. The number of aliphatic imine (C=N–C) groups is 1. The zero-order valence-corrected chi connectivity index (χ0v) is 24.1. The number of halogens is 1. The molecule has 5 aromatic rings. The normalized spacial score (nSPS) is 13.5. The molecule has 0 N–H and O–H groups in total. The van der Waals surface area contributed by atoms with Crippen LogP contribution >= 0.6 is 15.9 Å². The lowest BCUT2D eigenvalue weighted by Crippen LogP contribution is -2.08. The van der Waals surface area contributed by atoms with Gasteiger partial charge in [-0.25, -0.2) is 4.99 Å². The van der Waals surface area contributed by atoms with E-state index in [1.807, 2.05) is 6.07 Å². The second-order valence-electron chi connectivity index (χ2n) is 10.4. The number of benzene rings is 5. The number of nitrogens with zero attached hydrogens (tertiary/aromatic N) is 1. The summed E-state index contributed by atoms with van der Waals surface area (Å²) in [5, 5.41) is 0. The van der Waals surface area contributed by atoms with E-state index in [4.69, 9.17) is 9.73 Å². The number of rotatable bonds is 8. The lowest BCUT2D eigenvalue weighted by molar-refractivity contribution is 0.314. The third kappa shape index (κ3) is 6.43. The number of hydrogen-bond acceptors (Lipinski definition) is 2. The molecule has 0 aliphatic carbocycles. The molecule has 2 nitrogen and oxygen atoms in total. The Hall–Kier alpha value is -3.95. The summed E-state index contributed by atoms with van der Waals surface area (Å²) in [6.07, 6.45) is 4.02. The molecule has 0 fully saturated rings. The van der Waals surface area contributed by atoms with Gasteiger partial charge in [0, 0.05) is 16.5 Å². The average molecular weight is 587 g/mol. The molecule has 198 valence electrons. The van der Waals surface area contributed by atoms with Crippen molar-refractivity contribution in [3.05, 3.63) is 160 Å². The summed E-state index contributed by atoms with van der Waals surface area (Å²) < 4.78 is 7.14. The van der Waals surface area contributed by atoms with Crippen molar-refractivity contribution >= 4 is 27.5 Å². The molecule has 1 heterocycles. The lowest BCUT2D eigenvalue weighted by Gasteiger charge is -2.18. The smallest absolute Gasteiger partial charge is 0.221 e. The van der Waals surface area contributed by atoms with Gasteiger partial charge in [-0.3, -0.25) is 0 Å². The van der Waals surface area contributed by atoms with Gasteiger partial charge in [0.15, 0.2) is 0 Å². The van der Waals surface area contributed by atoms with Crippen LogP contribution in [0.15, 0.2) is 137 Å². The second kappa shape index (κ2) is 12.5. The van der Waals surface area contributed by atoms with Crippen LogP contribution in [0.1, 0.15) is 40.2 Å². The first-order valence-corrected chi connectivity index (χ1v) is 14.8. The minimum atomic E-state index is 0.441. The SMILES string of the molecule is Brc1ccc(-c2ccc(CCC(Cc3ccc(C4=Nc5ccccc5CCO4)cc3)c3ccccc3)cc2)cc1. The van der Waals surface area contributed by atoms with Gasteiger partial charge in [-0.1, -0.05) is 113 Å². The molecule has 0 saturated heterocycles. The van der Waals surface area contributed by atoms with E-state index in [2.05, 4.69) is 137 Å². The molecule has 0 amide bonds. The van der Waals surface area contributed by atoms with Crippen LogP contribution in [0, 0.1) is 0 Å². The number of fused-ring (bicyclic) bond motifs is 1. The van der Waals surface area contributed by atoms with Gasteiger partial charge in [-0.2, -0.15) is 0 Å². The standard InChI is InChI=1S/C37H32BrNO/c38-35-22-20-31(21-23-35)30-15-10-27(11-16-30)12-19-34(29-6-2-1-3-7-29)26-28-13-17-33(18-14-28)37-39-36-9-5-4-8-32(36)24-25-40-37/h1-11,13-18,20-23,34H,12,19,24-26H2. The zero-order valence-electron chi connectivity index (χ0n) is 22.5. The number of para-hydroxylation sites is 1. The van der Waals surface area contributed by atoms with Crippen molar-refractivity contribution in [1.29, 1.82) is 0 Å². The highest BCUT2D eigenvalue weighted by Crippen LogP contribution is 2.29. The summed E-state index contributed by atoms with van der Waals surface area (Å²) in [5.74, 6) is 1.15. The molecule has 5 aromatic carbocycles. The first kappa shape index (κ1) is 26.3. The largest absolute Gasteiger partial charge is 0.477 e. The van der Waals surface area contributed by atoms with Gasteiger partial charge in [0.1, 0.15) is 0 Å². The highest BCUT2D eigenvalue weighted by molar-refractivity contribution is 9.10.